The minimum absolute atomic E-state index is 0.144. The molecule has 2 aromatic carbocycles. The summed E-state index contributed by atoms with van der Waals surface area (Å²) < 4.78 is 49.4. The normalized spacial score (nSPS) is 20.3. The number of halogens is 2. The second-order valence-electron chi connectivity index (χ2n) is 9.52. The second-order valence-corrected chi connectivity index (χ2v) is 9.52. The average Bonchev–Trinajstić information content (AvgIpc) is 3.32. The number of carbonyl (C=O) groups excluding carboxylic acids is 3. The first-order valence-electron chi connectivity index (χ1n) is 12.6. The van der Waals surface area contributed by atoms with E-state index in [1.807, 2.05) is 0 Å². The van der Waals surface area contributed by atoms with E-state index in [1.165, 1.54) is 24.3 Å². The highest BCUT2D eigenvalue weighted by molar-refractivity contribution is 6.31. The molecular formula is C27H28F2N2O7. The van der Waals surface area contributed by atoms with Gasteiger partial charge in [-0.25, -0.2) is 28.1 Å². The molecule has 2 aromatic rings. The Balaban J connectivity index is 1.19. The van der Waals surface area contributed by atoms with Crippen molar-refractivity contribution in [3.05, 3.63) is 71.3 Å². The number of nitrogens with zero attached hydrogens (tertiary/aromatic N) is 2. The second kappa shape index (κ2) is 10.3. The molecule has 2 spiro atoms. The van der Waals surface area contributed by atoms with Crippen LogP contribution in [0.15, 0.2) is 48.5 Å². The van der Waals surface area contributed by atoms with E-state index in [4.69, 9.17) is 18.9 Å². The minimum atomic E-state index is -1.88. The fraction of sp³-hybridized carbons (Fsp3) is 0.444. The van der Waals surface area contributed by atoms with E-state index in [-0.39, 0.29) is 18.2 Å². The molecule has 0 aromatic heterocycles. The molecule has 0 bridgehead atoms. The zero-order valence-corrected chi connectivity index (χ0v) is 20.9. The molecule has 0 N–H and O–H groups in total. The number of fused-ring (bicyclic) bond motifs is 1. The molecule has 3 saturated heterocycles. The number of likely N-dealkylation sites (N-methyl/N-ethyl adjacent to an activating group) is 1. The van der Waals surface area contributed by atoms with Gasteiger partial charge in [-0.3, -0.25) is 0 Å². The Bertz CT molecular complexity index is 1140. The zero-order chi connectivity index (χ0) is 26.9. The van der Waals surface area contributed by atoms with E-state index in [0.717, 1.165) is 16.0 Å². The minimum Gasteiger partial charge on any atom is -0.432 e. The molecule has 0 radical (unpaired) electrons. The Morgan fingerprint density at radius 2 is 1.39 bits per heavy atom. The first kappa shape index (κ1) is 26.1. The summed E-state index contributed by atoms with van der Waals surface area (Å²) in [5.74, 6) is -4.86. The van der Waals surface area contributed by atoms with Gasteiger partial charge in [0.25, 0.3) is 0 Å². The molecule has 38 heavy (non-hydrogen) atoms. The topological polar surface area (TPSA) is 94.6 Å². The Hall–Kier alpha value is -3.57. The van der Waals surface area contributed by atoms with Crippen LogP contribution < -0.4 is 0 Å². The molecule has 0 saturated carbocycles. The highest BCUT2D eigenvalue weighted by Gasteiger charge is 2.75. The number of esters is 2. The molecule has 3 fully saturated rings. The van der Waals surface area contributed by atoms with Gasteiger partial charge in [0, 0.05) is 45.6 Å². The van der Waals surface area contributed by atoms with Crippen LogP contribution in [0.4, 0.5) is 13.6 Å². The maximum Gasteiger partial charge on any atom is 0.422 e. The number of amides is 1. The Kier molecular flexibility index (Phi) is 7.06. The van der Waals surface area contributed by atoms with E-state index < -0.39 is 35.6 Å². The first-order chi connectivity index (χ1) is 18.3. The number of rotatable bonds is 8. The van der Waals surface area contributed by atoms with Crippen LogP contribution in [-0.4, -0.2) is 72.1 Å². The lowest BCUT2D eigenvalue weighted by molar-refractivity contribution is -0.286. The highest BCUT2D eigenvalue weighted by atomic mass is 19.1. The molecule has 9 nitrogen and oxygen atoms in total. The van der Waals surface area contributed by atoms with Gasteiger partial charge in [0.1, 0.15) is 17.7 Å². The van der Waals surface area contributed by atoms with Gasteiger partial charge in [0.2, 0.25) is 5.60 Å². The third kappa shape index (κ3) is 4.60. The van der Waals surface area contributed by atoms with Crippen molar-refractivity contribution in [3.63, 3.8) is 0 Å². The van der Waals surface area contributed by atoms with Crippen LogP contribution in [0.3, 0.4) is 0 Å². The lowest BCUT2D eigenvalue weighted by Crippen LogP contribution is -2.63. The lowest BCUT2D eigenvalue weighted by atomic mass is 9.87. The van der Waals surface area contributed by atoms with Crippen molar-refractivity contribution >= 4 is 18.0 Å². The van der Waals surface area contributed by atoms with Gasteiger partial charge >= 0.3 is 23.9 Å². The van der Waals surface area contributed by atoms with Crippen LogP contribution in [0.1, 0.15) is 43.4 Å². The van der Waals surface area contributed by atoms with Gasteiger partial charge in [-0.15, -0.1) is 0 Å². The Morgan fingerprint density at radius 3 is 1.89 bits per heavy atom. The molecule has 5 rings (SSSR count). The van der Waals surface area contributed by atoms with Crippen LogP contribution in [0, 0.1) is 11.6 Å². The van der Waals surface area contributed by atoms with Crippen LogP contribution in [0.2, 0.25) is 0 Å². The number of carbonyl (C=O) groups is 3. The first-order valence-corrected chi connectivity index (χ1v) is 12.6. The Morgan fingerprint density at radius 1 is 0.868 bits per heavy atom. The average molecular weight is 531 g/mol. The van der Waals surface area contributed by atoms with Gasteiger partial charge in [-0.2, -0.15) is 0 Å². The van der Waals surface area contributed by atoms with E-state index in [9.17, 15) is 23.2 Å². The van der Waals surface area contributed by atoms with E-state index in [0.29, 0.717) is 45.5 Å². The summed E-state index contributed by atoms with van der Waals surface area (Å²) in [6.45, 7) is 3.92. The van der Waals surface area contributed by atoms with Crippen LogP contribution in [-0.2, 0) is 28.5 Å². The third-order valence-corrected chi connectivity index (χ3v) is 7.29. The van der Waals surface area contributed by atoms with Crippen molar-refractivity contribution in [1.29, 1.82) is 0 Å². The maximum absolute atomic E-state index is 13.5. The smallest absolute Gasteiger partial charge is 0.422 e. The molecule has 3 heterocycles. The van der Waals surface area contributed by atoms with Gasteiger partial charge < -0.3 is 23.8 Å². The number of piperidine rings is 1. The van der Waals surface area contributed by atoms with Crippen molar-refractivity contribution in [3.8, 4) is 0 Å². The quantitative estimate of drug-likeness (QED) is 0.291. The number of benzene rings is 2. The summed E-state index contributed by atoms with van der Waals surface area (Å²) >= 11 is 0. The fourth-order valence-corrected chi connectivity index (χ4v) is 5.35. The molecule has 0 aliphatic carbocycles. The van der Waals surface area contributed by atoms with Crippen molar-refractivity contribution < 1.29 is 42.1 Å². The molecule has 202 valence electrons. The molecule has 3 aliphatic rings. The van der Waals surface area contributed by atoms with Crippen molar-refractivity contribution in [1.82, 2.24) is 9.80 Å². The van der Waals surface area contributed by atoms with Crippen molar-refractivity contribution in [2.75, 3.05) is 32.8 Å². The SMILES string of the molecule is CCN1C(=O)OC2(CCN(CCCOC(c3ccc(F)cc3)c3ccc(F)cc3)CC2)C12OC(=O)C(=O)O2. The van der Waals surface area contributed by atoms with E-state index in [1.54, 1.807) is 31.2 Å². The van der Waals surface area contributed by atoms with Gasteiger partial charge in [0.15, 0.2) is 0 Å². The number of hydrogen-bond donors (Lipinski definition) is 0. The van der Waals surface area contributed by atoms with Crippen molar-refractivity contribution in [2.24, 2.45) is 0 Å². The molecule has 0 atom stereocenters. The Labute approximate surface area is 218 Å². The predicted molar refractivity (Wildman–Crippen MR) is 127 cm³/mol. The number of ether oxygens (including phenoxy) is 4. The van der Waals surface area contributed by atoms with Gasteiger partial charge in [0.05, 0.1) is 0 Å². The lowest BCUT2D eigenvalue weighted by Gasteiger charge is -2.43. The molecular weight excluding hydrogens is 502 g/mol. The summed E-state index contributed by atoms with van der Waals surface area (Å²) in [4.78, 5) is 39.7. The third-order valence-electron chi connectivity index (χ3n) is 7.29. The predicted octanol–water partition coefficient (Wildman–Crippen LogP) is 3.52. The van der Waals surface area contributed by atoms with Crippen LogP contribution in [0.5, 0.6) is 0 Å². The molecule has 11 heteroatoms. The van der Waals surface area contributed by atoms with Gasteiger partial charge in [-0.05, 0) is 48.7 Å². The standard InChI is InChI=1S/C27H28F2N2O7/c1-2-31-25(34)38-26(27(31)36-23(32)24(33)37-27)12-15-30(16-13-26)14-3-17-35-22(18-4-8-20(28)9-5-18)19-6-10-21(29)11-7-19/h4-11,22H,2-3,12-17H2,1H3. The zero-order valence-electron chi connectivity index (χ0n) is 20.9. The fourth-order valence-electron chi connectivity index (χ4n) is 5.35. The monoisotopic (exact) mass is 530 g/mol. The summed E-state index contributed by atoms with van der Waals surface area (Å²) in [5.41, 5.74) is 0.241. The summed E-state index contributed by atoms with van der Waals surface area (Å²) in [5, 5.41) is 0. The van der Waals surface area contributed by atoms with Gasteiger partial charge in [-0.1, -0.05) is 24.3 Å². The van der Waals surface area contributed by atoms with Crippen LogP contribution in [0.25, 0.3) is 0 Å². The summed E-state index contributed by atoms with van der Waals surface area (Å²) in [6.07, 6.45) is 0.117. The largest absolute Gasteiger partial charge is 0.432 e. The number of likely N-dealkylation sites (tertiary alicyclic amines) is 1. The summed E-state index contributed by atoms with van der Waals surface area (Å²) in [6, 6.07) is 12.0. The van der Waals surface area contributed by atoms with E-state index >= 15 is 0 Å². The molecule has 3 aliphatic heterocycles. The number of hydrogen-bond acceptors (Lipinski definition) is 8. The maximum atomic E-state index is 13.5. The molecule has 1 amide bonds. The molecule has 0 unspecified atom stereocenters. The van der Waals surface area contributed by atoms with Crippen molar-refractivity contribution in [2.45, 2.75) is 43.8 Å². The van der Waals surface area contributed by atoms with Crippen LogP contribution >= 0.6 is 0 Å². The van der Waals surface area contributed by atoms with E-state index in [2.05, 4.69) is 4.90 Å². The summed E-state index contributed by atoms with van der Waals surface area (Å²) in [7, 11) is 0. The highest BCUT2D eigenvalue weighted by Crippen LogP contribution is 2.49.